The van der Waals surface area contributed by atoms with Crippen LogP contribution in [0.1, 0.15) is 28.2 Å². The Bertz CT molecular complexity index is 1510. The van der Waals surface area contributed by atoms with Crippen molar-refractivity contribution in [3.8, 4) is 45.8 Å². The number of allylic oxidation sites excluding steroid dienone is 1. The van der Waals surface area contributed by atoms with Crippen molar-refractivity contribution >= 4 is 28.8 Å². The third kappa shape index (κ3) is 13.0. The number of phenols is 1. The van der Waals surface area contributed by atoms with E-state index in [0.717, 1.165) is 11.1 Å². The standard InChI is InChI=1S/C18H16N2O4.C10H8N2O2.C4H5ClO.CH4/c1-11(2)17(21)23-14-7-5-13(6-8-14)16-19-9-15(10-20-16)24-18(22)12(3)4;13-8-3-1-7(2-4-8)10-11-5-9(14)6-12-10;1-3(2)4(5)6;/h5-10H,1,3H2,2,4H3;1-6,13-14H;1H2,2H3;1H4. The van der Waals surface area contributed by atoms with E-state index in [-0.39, 0.29) is 24.7 Å². The van der Waals surface area contributed by atoms with Crippen LogP contribution in [0.5, 0.6) is 23.0 Å². The number of halogens is 1. The van der Waals surface area contributed by atoms with Crippen molar-refractivity contribution in [1.29, 1.82) is 0 Å². The van der Waals surface area contributed by atoms with E-state index in [1.54, 1.807) is 69.3 Å². The number of hydrogen-bond acceptors (Lipinski definition) is 11. The van der Waals surface area contributed by atoms with Crippen molar-refractivity contribution < 1.29 is 34.1 Å². The van der Waals surface area contributed by atoms with Crippen molar-refractivity contribution in [3.05, 3.63) is 110 Å². The monoisotopic (exact) mass is 632 g/mol. The molecule has 0 amide bonds. The number of nitrogens with zero attached hydrogens (tertiary/aromatic N) is 4. The van der Waals surface area contributed by atoms with Crippen LogP contribution in [0.25, 0.3) is 22.8 Å². The van der Waals surface area contributed by atoms with Gasteiger partial charge in [-0.2, -0.15) is 0 Å². The van der Waals surface area contributed by atoms with Crippen molar-refractivity contribution in [2.45, 2.75) is 28.2 Å². The average Bonchev–Trinajstić information content (AvgIpc) is 2.99. The van der Waals surface area contributed by atoms with E-state index < -0.39 is 17.2 Å². The van der Waals surface area contributed by atoms with Crippen LogP contribution in [0.15, 0.2) is 110 Å². The molecule has 2 aromatic carbocycles. The second-order valence-corrected chi connectivity index (χ2v) is 9.32. The summed E-state index contributed by atoms with van der Waals surface area (Å²) in [5.74, 6) is 0.820. The van der Waals surface area contributed by atoms with Gasteiger partial charge in [0.1, 0.15) is 11.5 Å². The number of phenolic OH excluding ortho intramolecular Hbond substituents is 1. The van der Waals surface area contributed by atoms with Crippen LogP contribution >= 0.6 is 11.6 Å². The first-order valence-electron chi connectivity index (χ1n) is 12.6. The molecule has 2 N–H and O–H groups in total. The SMILES string of the molecule is C.C=C(C)C(=O)Cl.C=C(C)C(=O)Oc1ccc(-c2ncc(OC(=O)C(=C)C)cn2)cc1.Oc1ccc(-c2ncc(O)cn2)cc1. The fourth-order valence-corrected chi connectivity index (χ4v) is 2.66. The van der Waals surface area contributed by atoms with Crippen LogP contribution in [-0.4, -0.2) is 47.3 Å². The molecular weight excluding hydrogens is 600 g/mol. The van der Waals surface area contributed by atoms with E-state index in [0.29, 0.717) is 34.1 Å². The quantitative estimate of drug-likeness (QED) is 0.0973. The highest BCUT2D eigenvalue weighted by atomic mass is 35.5. The van der Waals surface area contributed by atoms with E-state index in [1.807, 2.05) is 0 Å². The van der Waals surface area contributed by atoms with Crippen LogP contribution in [0, 0.1) is 0 Å². The molecule has 45 heavy (non-hydrogen) atoms. The van der Waals surface area contributed by atoms with Gasteiger partial charge in [-0.25, -0.2) is 29.5 Å². The maximum atomic E-state index is 11.4. The van der Waals surface area contributed by atoms with Gasteiger partial charge < -0.3 is 19.7 Å². The third-order valence-electron chi connectivity index (χ3n) is 4.96. The predicted molar refractivity (Wildman–Crippen MR) is 172 cm³/mol. The maximum absolute atomic E-state index is 11.4. The van der Waals surface area contributed by atoms with Crippen molar-refractivity contribution in [2.24, 2.45) is 0 Å². The molecule has 0 aliphatic heterocycles. The first-order chi connectivity index (χ1) is 20.8. The molecule has 0 aliphatic rings. The molecule has 0 radical (unpaired) electrons. The van der Waals surface area contributed by atoms with E-state index in [2.05, 4.69) is 39.7 Å². The third-order valence-corrected chi connectivity index (χ3v) is 5.28. The zero-order valence-electron chi connectivity index (χ0n) is 24.2. The molecule has 0 saturated carbocycles. The number of benzene rings is 2. The number of aromatic nitrogens is 4. The minimum absolute atomic E-state index is 0. The summed E-state index contributed by atoms with van der Waals surface area (Å²) in [5, 5.41) is 17.6. The molecule has 0 bridgehead atoms. The van der Waals surface area contributed by atoms with Crippen molar-refractivity contribution in [2.75, 3.05) is 0 Å². The van der Waals surface area contributed by atoms with Gasteiger partial charge in [0.25, 0.3) is 0 Å². The molecule has 4 aromatic rings. The Hall–Kier alpha value is -5.68. The summed E-state index contributed by atoms with van der Waals surface area (Å²) in [6.07, 6.45) is 5.46. The summed E-state index contributed by atoms with van der Waals surface area (Å²) >= 11 is 4.87. The summed E-state index contributed by atoms with van der Waals surface area (Å²) in [5.41, 5.74) is 2.52. The minimum atomic E-state index is -0.532. The molecule has 0 aliphatic carbocycles. The Morgan fingerprint density at radius 3 is 1.33 bits per heavy atom. The molecule has 0 atom stereocenters. The smallest absolute Gasteiger partial charge is 0.338 e. The van der Waals surface area contributed by atoms with E-state index in [1.165, 1.54) is 24.8 Å². The lowest BCUT2D eigenvalue weighted by atomic mass is 10.2. The lowest BCUT2D eigenvalue weighted by molar-refractivity contribution is -0.131. The second kappa shape index (κ2) is 18.1. The fourth-order valence-electron chi connectivity index (χ4n) is 2.66. The van der Waals surface area contributed by atoms with Gasteiger partial charge in [-0.05, 0) is 80.9 Å². The summed E-state index contributed by atoms with van der Waals surface area (Å²) < 4.78 is 10.1. The summed E-state index contributed by atoms with van der Waals surface area (Å²) in [6, 6.07) is 13.2. The lowest BCUT2D eigenvalue weighted by Crippen LogP contribution is -2.08. The summed E-state index contributed by atoms with van der Waals surface area (Å²) in [4.78, 5) is 48.8. The molecule has 0 saturated heterocycles. The Labute approximate surface area is 266 Å². The van der Waals surface area contributed by atoms with Gasteiger partial charge in [-0.15, -0.1) is 0 Å². The lowest BCUT2D eigenvalue weighted by Gasteiger charge is -2.06. The largest absolute Gasteiger partial charge is 0.508 e. The number of hydrogen-bond donors (Lipinski definition) is 2. The van der Waals surface area contributed by atoms with Crippen LogP contribution in [0.3, 0.4) is 0 Å². The van der Waals surface area contributed by atoms with E-state index in [4.69, 9.17) is 31.3 Å². The normalized spacial score (nSPS) is 9.42. The molecule has 0 fully saturated rings. The number of esters is 2. The number of carbonyl (C=O) groups excluding carboxylic acids is 3. The van der Waals surface area contributed by atoms with Gasteiger partial charge in [0.05, 0.1) is 24.8 Å². The van der Waals surface area contributed by atoms with Crippen molar-refractivity contribution in [1.82, 2.24) is 19.9 Å². The van der Waals surface area contributed by atoms with Gasteiger partial charge in [0.2, 0.25) is 5.24 Å². The van der Waals surface area contributed by atoms with E-state index >= 15 is 0 Å². The Morgan fingerprint density at radius 2 is 0.956 bits per heavy atom. The first kappa shape index (κ1) is 37.3. The molecule has 2 heterocycles. The number of carbonyl (C=O) groups is 3. The summed E-state index contributed by atoms with van der Waals surface area (Å²) in [7, 11) is 0. The van der Waals surface area contributed by atoms with Gasteiger partial charge in [-0.3, -0.25) is 4.79 Å². The highest BCUT2D eigenvalue weighted by molar-refractivity contribution is 6.67. The Morgan fingerprint density at radius 1 is 0.600 bits per heavy atom. The molecular formula is C33H33ClN4O7. The molecule has 2 aromatic heterocycles. The second-order valence-electron chi connectivity index (χ2n) is 8.97. The molecule has 0 spiro atoms. The molecule has 0 unspecified atom stereocenters. The molecule has 234 valence electrons. The van der Waals surface area contributed by atoms with E-state index in [9.17, 15) is 14.4 Å². The topological polar surface area (TPSA) is 162 Å². The predicted octanol–water partition coefficient (Wildman–Crippen LogP) is 6.63. The average molecular weight is 633 g/mol. The van der Waals surface area contributed by atoms with Gasteiger partial charge in [0, 0.05) is 27.8 Å². The highest BCUT2D eigenvalue weighted by Crippen LogP contribution is 2.21. The Kier molecular flexibility index (Phi) is 15.0. The zero-order valence-corrected chi connectivity index (χ0v) is 24.9. The summed E-state index contributed by atoms with van der Waals surface area (Å²) in [6.45, 7) is 15.0. The molecule has 11 nitrogen and oxygen atoms in total. The van der Waals surface area contributed by atoms with Crippen LogP contribution in [0.4, 0.5) is 0 Å². The fraction of sp³-hybridized carbons (Fsp3) is 0.121. The number of rotatable bonds is 7. The maximum Gasteiger partial charge on any atom is 0.338 e. The van der Waals surface area contributed by atoms with Crippen molar-refractivity contribution in [3.63, 3.8) is 0 Å². The Balaban J connectivity index is 0.000000406. The highest BCUT2D eigenvalue weighted by Gasteiger charge is 2.09. The first-order valence-corrected chi connectivity index (χ1v) is 13.0. The molecule has 4 rings (SSSR count). The number of ether oxygens (including phenoxy) is 2. The van der Waals surface area contributed by atoms with Crippen LogP contribution in [0.2, 0.25) is 0 Å². The van der Waals surface area contributed by atoms with Crippen LogP contribution in [-0.2, 0) is 14.4 Å². The molecule has 12 heteroatoms. The van der Waals surface area contributed by atoms with Gasteiger partial charge in [-0.1, -0.05) is 27.2 Å². The van der Waals surface area contributed by atoms with Crippen LogP contribution < -0.4 is 9.47 Å². The van der Waals surface area contributed by atoms with Gasteiger partial charge >= 0.3 is 11.9 Å². The van der Waals surface area contributed by atoms with Gasteiger partial charge in [0.15, 0.2) is 23.1 Å². The minimum Gasteiger partial charge on any atom is -0.508 e. The number of aromatic hydroxyl groups is 2. The zero-order chi connectivity index (χ0) is 32.8.